The van der Waals surface area contributed by atoms with Gasteiger partial charge in [0.15, 0.2) is 0 Å². The molecule has 106 valence electrons. The minimum Gasteiger partial charge on any atom is -0.388 e. The van der Waals surface area contributed by atoms with Crippen molar-refractivity contribution in [3.8, 4) is 0 Å². The molecule has 1 aliphatic rings. The maximum Gasteiger partial charge on any atom is 0.391 e. The zero-order valence-electron chi connectivity index (χ0n) is 10.8. The SMILES string of the molecule is Cc1cncc(C(O)C2CCCC(C(F)(F)F)C2)c1. The molecule has 1 saturated carbocycles. The number of pyridine rings is 1. The smallest absolute Gasteiger partial charge is 0.388 e. The van der Waals surface area contributed by atoms with Crippen molar-refractivity contribution in [1.29, 1.82) is 0 Å². The van der Waals surface area contributed by atoms with Crippen LogP contribution >= 0.6 is 0 Å². The van der Waals surface area contributed by atoms with Crippen molar-refractivity contribution >= 4 is 0 Å². The fourth-order valence-corrected chi connectivity index (χ4v) is 2.82. The van der Waals surface area contributed by atoms with E-state index < -0.39 is 18.2 Å². The summed E-state index contributed by atoms with van der Waals surface area (Å²) in [6.45, 7) is 1.85. The summed E-state index contributed by atoms with van der Waals surface area (Å²) in [7, 11) is 0. The fourth-order valence-electron chi connectivity index (χ4n) is 2.82. The Labute approximate surface area is 110 Å². The van der Waals surface area contributed by atoms with Gasteiger partial charge in [0, 0.05) is 12.4 Å². The maximum absolute atomic E-state index is 12.8. The summed E-state index contributed by atoms with van der Waals surface area (Å²) in [4.78, 5) is 3.99. The highest BCUT2D eigenvalue weighted by Crippen LogP contribution is 2.43. The first-order chi connectivity index (χ1) is 8.88. The minimum absolute atomic E-state index is 0.0125. The first kappa shape index (κ1) is 14.3. The molecule has 5 heteroatoms. The summed E-state index contributed by atoms with van der Waals surface area (Å²) < 4.78 is 38.3. The molecular formula is C14H18F3NO. The summed E-state index contributed by atoms with van der Waals surface area (Å²) in [5, 5.41) is 10.2. The van der Waals surface area contributed by atoms with E-state index in [1.54, 1.807) is 12.3 Å². The van der Waals surface area contributed by atoms with E-state index in [4.69, 9.17) is 0 Å². The van der Waals surface area contributed by atoms with Crippen LogP contribution in [0.2, 0.25) is 0 Å². The molecule has 0 spiro atoms. The average Bonchev–Trinajstić information content (AvgIpc) is 2.37. The Bertz CT molecular complexity index is 433. The standard InChI is InChI=1S/C14H18F3NO/c1-9-5-11(8-18-7-9)13(19)10-3-2-4-12(6-10)14(15,16)17/h5,7-8,10,12-13,19H,2-4,6H2,1H3. The van der Waals surface area contributed by atoms with E-state index in [1.165, 1.54) is 6.20 Å². The number of nitrogens with zero attached hydrogens (tertiary/aromatic N) is 1. The monoisotopic (exact) mass is 273 g/mol. The van der Waals surface area contributed by atoms with Crippen LogP contribution in [0.25, 0.3) is 0 Å². The fraction of sp³-hybridized carbons (Fsp3) is 0.643. The first-order valence-corrected chi connectivity index (χ1v) is 6.54. The largest absolute Gasteiger partial charge is 0.391 e. The van der Waals surface area contributed by atoms with E-state index in [1.807, 2.05) is 6.92 Å². The van der Waals surface area contributed by atoms with Gasteiger partial charge < -0.3 is 5.11 Å². The lowest BCUT2D eigenvalue weighted by Crippen LogP contribution is -2.31. The predicted octanol–water partition coefficient (Wildman–Crippen LogP) is 3.79. The number of halogens is 3. The van der Waals surface area contributed by atoms with Crippen molar-refractivity contribution in [2.75, 3.05) is 0 Å². The van der Waals surface area contributed by atoms with Crippen LogP contribution in [0.5, 0.6) is 0 Å². The van der Waals surface area contributed by atoms with E-state index in [2.05, 4.69) is 4.98 Å². The molecule has 1 fully saturated rings. The summed E-state index contributed by atoms with van der Waals surface area (Å²) in [6, 6.07) is 1.79. The van der Waals surface area contributed by atoms with E-state index in [9.17, 15) is 18.3 Å². The quantitative estimate of drug-likeness (QED) is 0.889. The number of hydrogen-bond donors (Lipinski definition) is 1. The van der Waals surface area contributed by atoms with Crippen molar-refractivity contribution < 1.29 is 18.3 Å². The topological polar surface area (TPSA) is 33.1 Å². The third-order valence-corrected chi connectivity index (χ3v) is 3.86. The molecule has 0 amide bonds. The van der Waals surface area contributed by atoms with Gasteiger partial charge in [0.2, 0.25) is 0 Å². The van der Waals surface area contributed by atoms with Gasteiger partial charge in [0.05, 0.1) is 12.0 Å². The van der Waals surface area contributed by atoms with Crippen molar-refractivity contribution in [2.45, 2.75) is 44.9 Å². The van der Waals surface area contributed by atoms with Gasteiger partial charge in [-0.1, -0.05) is 12.5 Å². The molecule has 1 aromatic rings. The Balaban J connectivity index is 2.09. The number of rotatable bonds is 2. The molecule has 1 aliphatic carbocycles. The lowest BCUT2D eigenvalue weighted by molar-refractivity contribution is -0.189. The number of aliphatic hydroxyl groups excluding tert-OH is 1. The van der Waals surface area contributed by atoms with E-state index in [0.717, 1.165) is 5.56 Å². The van der Waals surface area contributed by atoms with Crippen LogP contribution in [0.3, 0.4) is 0 Å². The molecule has 0 aromatic carbocycles. The second-order valence-corrected chi connectivity index (χ2v) is 5.41. The van der Waals surface area contributed by atoms with Crippen LogP contribution < -0.4 is 0 Å². The Morgan fingerprint density at radius 2 is 2.05 bits per heavy atom. The van der Waals surface area contributed by atoms with Gasteiger partial charge in [-0.3, -0.25) is 4.98 Å². The predicted molar refractivity (Wildman–Crippen MR) is 65.4 cm³/mol. The first-order valence-electron chi connectivity index (χ1n) is 6.54. The van der Waals surface area contributed by atoms with Crippen LogP contribution in [0.15, 0.2) is 18.5 Å². The van der Waals surface area contributed by atoms with E-state index >= 15 is 0 Å². The molecule has 3 unspecified atom stereocenters. The molecule has 2 rings (SSSR count). The molecule has 0 aliphatic heterocycles. The second kappa shape index (κ2) is 5.49. The number of aliphatic hydroxyl groups is 1. The number of aryl methyl sites for hydroxylation is 1. The summed E-state index contributed by atoms with van der Waals surface area (Å²) in [5.74, 6) is -1.61. The van der Waals surface area contributed by atoms with Gasteiger partial charge in [-0.15, -0.1) is 0 Å². The van der Waals surface area contributed by atoms with Crippen LogP contribution in [0.4, 0.5) is 13.2 Å². The average molecular weight is 273 g/mol. The highest BCUT2D eigenvalue weighted by atomic mass is 19.4. The second-order valence-electron chi connectivity index (χ2n) is 5.41. The highest BCUT2D eigenvalue weighted by Gasteiger charge is 2.43. The van der Waals surface area contributed by atoms with E-state index in [-0.39, 0.29) is 18.8 Å². The van der Waals surface area contributed by atoms with Gasteiger partial charge in [-0.05, 0) is 43.2 Å². The number of hydrogen-bond acceptors (Lipinski definition) is 2. The highest BCUT2D eigenvalue weighted by molar-refractivity contribution is 5.19. The van der Waals surface area contributed by atoms with Gasteiger partial charge in [0.25, 0.3) is 0 Å². The number of aromatic nitrogens is 1. The van der Waals surface area contributed by atoms with Gasteiger partial charge in [0.1, 0.15) is 0 Å². The van der Waals surface area contributed by atoms with Crippen LogP contribution in [0.1, 0.15) is 42.9 Å². The molecule has 1 N–H and O–H groups in total. The van der Waals surface area contributed by atoms with Crippen molar-refractivity contribution in [2.24, 2.45) is 11.8 Å². The summed E-state index contributed by atoms with van der Waals surface area (Å²) in [5.41, 5.74) is 1.52. The molecule has 0 bridgehead atoms. The maximum atomic E-state index is 12.8. The molecule has 0 saturated heterocycles. The summed E-state index contributed by atoms with van der Waals surface area (Å²) >= 11 is 0. The zero-order chi connectivity index (χ0) is 14.0. The van der Waals surface area contributed by atoms with Gasteiger partial charge >= 0.3 is 6.18 Å². The molecule has 1 aromatic heterocycles. The molecule has 3 atom stereocenters. The minimum atomic E-state index is -4.15. The van der Waals surface area contributed by atoms with Gasteiger partial charge in [-0.25, -0.2) is 0 Å². The molecule has 2 nitrogen and oxygen atoms in total. The zero-order valence-corrected chi connectivity index (χ0v) is 10.8. The lowest BCUT2D eigenvalue weighted by atomic mass is 9.77. The number of alkyl halides is 3. The Morgan fingerprint density at radius 1 is 1.32 bits per heavy atom. The molecule has 19 heavy (non-hydrogen) atoms. The lowest BCUT2D eigenvalue weighted by Gasteiger charge is -2.33. The van der Waals surface area contributed by atoms with Crippen LogP contribution in [-0.2, 0) is 0 Å². The third-order valence-electron chi connectivity index (χ3n) is 3.86. The summed E-state index contributed by atoms with van der Waals surface area (Å²) in [6.07, 6.45) is -0.449. The Hall–Kier alpha value is -1.10. The molecule has 0 radical (unpaired) electrons. The Kier molecular flexibility index (Phi) is 4.13. The third kappa shape index (κ3) is 3.47. The Morgan fingerprint density at radius 3 is 2.68 bits per heavy atom. The van der Waals surface area contributed by atoms with Crippen molar-refractivity contribution in [3.05, 3.63) is 29.6 Å². The van der Waals surface area contributed by atoms with Crippen molar-refractivity contribution in [3.63, 3.8) is 0 Å². The molecular weight excluding hydrogens is 255 g/mol. The molecule has 1 heterocycles. The van der Waals surface area contributed by atoms with Gasteiger partial charge in [-0.2, -0.15) is 13.2 Å². The van der Waals surface area contributed by atoms with Crippen LogP contribution in [-0.4, -0.2) is 16.3 Å². The van der Waals surface area contributed by atoms with Crippen LogP contribution in [0, 0.1) is 18.8 Å². The van der Waals surface area contributed by atoms with Crippen molar-refractivity contribution in [1.82, 2.24) is 4.98 Å². The van der Waals surface area contributed by atoms with E-state index in [0.29, 0.717) is 18.4 Å². The normalized spacial score (nSPS) is 26.2.